The molecule has 0 spiro atoms. The van der Waals surface area contributed by atoms with Crippen molar-refractivity contribution >= 4 is 57.9 Å². The van der Waals surface area contributed by atoms with Gasteiger partial charge >= 0.3 is 7.12 Å². The minimum atomic E-state index is -4.08. The predicted molar refractivity (Wildman–Crippen MR) is 150 cm³/mol. The fourth-order valence-corrected chi connectivity index (χ4v) is 6.80. The molecule has 1 aliphatic heterocycles. The third-order valence-electron chi connectivity index (χ3n) is 6.86. The maximum atomic E-state index is 13.8. The van der Waals surface area contributed by atoms with Crippen LogP contribution in [0.5, 0.6) is 0 Å². The minimum Gasteiger partial charge on any atom is -0.399 e. The molecular formula is C25H34BFN2O5S2Si. The van der Waals surface area contributed by atoms with Gasteiger partial charge in [0.05, 0.1) is 22.3 Å². The van der Waals surface area contributed by atoms with Crippen LogP contribution in [-0.2, 0) is 24.1 Å². The Balaban J connectivity index is 1.66. The monoisotopic (exact) mass is 564 g/mol. The number of benzene rings is 2. The van der Waals surface area contributed by atoms with Crippen molar-refractivity contribution in [3.05, 3.63) is 47.7 Å². The Morgan fingerprint density at radius 1 is 1.11 bits per heavy atom. The average molecular weight is 565 g/mol. The molecule has 0 amide bonds. The molecule has 0 N–H and O–H groups in total. The van der Waals surface area contributed by atoms with Crippen LogP contribution < -0.4 is 9.77 Å². The van der Waals surface area contributed by atoms with Crippen molar-refractivity contribution in [1.82, 2.24) is 4.98 Å². The molecule has 2 aromatic carbocycles. The van der Waals surface area contributed by atoms with E-state index in [4.69, 9.17) is 14.0 Å². The third-order valence-corrected chi connectivity index (χ3v) is 11.2. The number of fused-ring (bicyclic) bond motifs is 1. The highest BCUT2D eigenvalue weighted by atomic mass is 32.2. The van der Waals surface area contributed by atoms with E-state index >= 15 is 0 Å². The van der Waals surface area contributed by atoms with Crippen LogP contribution in [-0.4, -0.2) is 53.1 Å². The molecule has 1 aromatic heterocycles. The number of nitrogens with zero attached hydrogens (tertiary/aromatic N) is 2. The second kappa shape index (κ2) is 10.0. The molecule has 1 saturated heterocycles. The van der Waals surface area contributed by atoms with Gasteiger partial charge in [-0.05, 0) is 62.1 Å². The number of ether oxygens (including phenoxy) is 1. The second-order valence-electron chi connectivity index (χ2n) is 11.5. The standard InChI is InChI=1S/C25H34BFN2O5S2Si/c1-24(2)25(3,4)34-26(33-24)21-10-8-9-18-15-19(11-12-20(18)21)36(30,31)29(23-28-16-22(27)35-23)17-32-13-14-37(5,6)7/h8-12,15-16H,13-14,17H2,1-7H3. The maximum Gasteiger partial charge on any atom is 0.495 e. The summed E-state index contributed by atoms with van der Waals surface area (Å²) in [4.78, 5) is 4.04. The smallest absolute Gasteiger partial charge is 0.399 e. The molecule has 0 radical (unpaired) electrons. The molecule has 4 rings (SSSR count). The van der Waals surface area contributed by atoms with Crippen molar-refractivity contribution < 1.29 is 26.9 Å². The van der Waals surface area contributed by atoms with Crippen LogP contribution in [0.3, 0.4) is 0 Å². The number of sulfonamides is 1. The molecule has 7 nitrogen and oxygen atoms in total. The van der Waals surface area contributed by atoms with E-state index in [9.17, 15) is 12.8 Å². The minimum absolute atomic E-state index is 0.0246. The first kappa shape index (κ1) is 28.2. The molecule has 200 valence electrons. The van der Waals surface area contributed by atoms with Gasteiger partial charge in [0.25, 0.3) is 10.0 Å². The zero-order valence-corrected chi connectivity index (χ0v) is 25.0. The molecule has 0 saturated carbocycles. The van der Waals surface area contributed by atoms with Gasteiger partial charge in [0, 0.05) is 14.7 Å². The Kier molecular flexibility index (Phi) is 7.66. The lowest BCUT2D eigenvalue weighted by molar-refractivity contribution is 0.00578. The summed E-state index contributed by atoms with van der Waals surface area (Å²) in [6.07, 6.45) is 1.02. The highest BCUT2D eigenvalue weighted by molar-refractivity contribution is 7.93. The van der Waals surface area contributed by atoms with Gasteiger partial charge in [-0.25, -0.2) is 17.7 Å². The number of hydrogen-bond acceptors (Lipinski definition) is 7. The van der Waals surface area contributed by atoms with Gasteiger partial charge < -0.3 is 14.0 Å². The first-order valence-corrected chi connectivity index (χ1v) is 18.2. The molecule has 1 aliphatic rings. The van der Waals surface area contributed by atoms with Crippen LogP contribution in [0.25, 0.3) is 10.8 Å². The van der Waals surface area contributed by atoms with Crippen LogP contribution in [0.1, 0.15) is 27.7 Å². The van der Waals surface area contributed by atoms with Crippen molar-refractivity contribution in [3.8, 4) is 0 Å². The van der Waals surface area contributed by atoms with Crippen LogP contribution in [0.4, 0.5) is 9.52 Å². The van der Waals surface area contributed by atoms with E-state index < -0.39 is 41.5 Å². The highest BCUT2D eigenvalue weighted by Gasteiger charge is 2.52. The lowest BCUT2D eigenvalue weighted by atomic mass is 9.76. The molecule has 3 aromatic rings. The van der Waals surface area contributed by atoms with E-state index in [2.05, 4.69) is 24.6 Å². The SMILES string of the molecule is CC1(C)OB(c2cccc3cc(S(=O)(=O)N(COCC[Si](C)(C)C)c4ncc(F)s4)ccc23)OC1(C)C. The average Bonchev–Trinajstić information content (AvgIpc) is 3.30. The van der Waals surface area contributed by atoms with E-state index in [0.29, 0.717) is 17.9 Å². The normalized spacial score (nSPS) is 17.5. The lowest BCUT2D eigenvalue weighted by Gasteiger charge is -2.32. The topological polar surface area (TPSA) is 78.0 Å². The van der Waals surface area contributed by atoms with E-state index in [0.717, 1.165) is 32.8 Å². The van der Waals surface area contributed by atoms with Gasteiger partial charge in [0.1, 0.15) is 6.73 Å². The Morgan fingerprint density at radius 3 is 2.38 bits per heavy atom. The number of rotatable bonds is 9. The second-order valence-corrected chi connectivity index (χ2v) is 19.9. The number of anilines is 1. The molecule has 0 bridgehead atoms. The Morgan fingerprint density at radius 2 is 1.78 bits per heavy atom. The summed E-state index contributed by atoms with van der Waals surface area (Å²) in [5, 5.41) is 1.01. The summed E-state index contributed by atoms with van der Waals surface area (Å²) < 4.78 is 60.5. The first-order valence-electron chi connectivity index (χ1n) is 12.2. The van der Waals surface area contributed by atoms with Crippen molar-refractivity contribution in [1.29, 1.82) is 0 Å². The summed E-state index contributed by atoms with van der Waals surface area (Å²) in [6, 6.07) is 11.4. The summed E-state index contributed by atoms with van der Waals surface area (Å²) in [6.45, 7) is 14.8. The van der Waals surface area contributed by atoms with Gasteiger partial charge in [-0.3, -0.25) is 0 Å². The van der Waals surface area contributed by atoms with E-state index in [1.807, 2.05) is 45.9 Å². The number of aromatic nitrogens is 1. The van der Waals surface area contributed by atoms with Gasteiger partial charge in [-0.2, -0.15) is 4.39 Å². The van der Waals surface area contributed by atoms with Crippen LogP contribution in [0.15, 0.2) is 47.5 Å². The Labute approximate surface area is 224 Å². The molecule has 12 heteroatoms. The summed E-state index contributed by atoms with van der Waals surface area (Å²) >= 11 is 0.668. The van der Waals surface area contributed by atoms with E-state index in [-0.39, 0.29) is 16.8 Å². The number of halogens is 1. The fraction of sp³-hybridized carbons (Fsp3) is 0.480. The fourth-order valence-electron chi connectivity index (χ4n) is 3.86. The molecule has 0 unspecified atom stereocenters. The van der Waals surface area contributed by atoms with Crippen LogP contribution in [0, 0.1) is 5.13 Å². The van der Waals surface area contributed by atoms with Crippen LogP contribution >= 0.6 is 11.3 Å². The first-order chi connectivity index (χ1) is 17.1. The third kappa shape index (κ3) is 5.94. The van der Waals surface area contributed by atoms with Crippen molar-refractivity contribution in [2.24, 2.45) is 0 Å². The van der Waals surface area contributed by atoms with Gasteiger partial charge in [0.2, 0.25) is 5.13 Å². The van der Waals surface area contributed by atoms with Gasteiger partial charge in [-0.15, -0.1) is 0 Å². The zero-order chi connectivity index (χ0) is 27.2. The van der Waals surface area contributed by atoms with E-state index in [1.165, 1.54) is 0 Å². The molecule has 2 heterocycles. The Bertz CT molecular complexity index is 1380. The molecule has 0 aliphatic carbocycles. The van der Waals surface area contributed by atoms with Crippen molar-refractivity contribution in [2.45, 2.75) is 69.5 Å². The Hall–Kier alpha value is -1.83. The number of thiazole rings is 1. The molecule has 37 heavy (non-hydrogen) atoms. The van der Waals surface area contributed by atoms with Crippen molar-refractivity contribution in [2.75, 3.05) is 17.6 Å². The van der Waals surface area contributed by atoms with Gasteiger partial charge in [0.15, 0.2) is 5.13 Å². The largest absolute Gasteiger partial charge is 0.495 e. The summed E-state index contributed by atoms with van der Waals surface area (Å²) in [5.41, 5.74) is -0.168. The van der Waals surface area contributed by atoms with Crippen molar-refractivity contribution in [3.63, 3.8) is 0 Å². The molecule has 1 fully saturated rings. The predicted octanol–water partition coefficient (Wildman–Crippen LogP) is 5.24. The molecular weight excluding hydrogens is 530 g/mol. The lowest BCUT2D eigenvalue weighted by Crippen LogP contribution is -2.41. The molecule has 0 atom stereocenters. The number of hydrogen-bond donors (Lipinski definition) is 0. The van der Waals surface area contributed by atoms with Gasteiger partial charge in [-0.1, -0.05) is 55.2 Å². The maximum absolute atomic E-state index is 13.8. The quantitative estimate of drug-likeness (QED) is 0.201. The summed E-state index contributed by atoms with van der Waals surface area (Å²) in [7, 11) is -6.02. The highest BCUT2D eigenvalue weighted by Crippen LogP contribution is 2.37. The zero-order valence-electron chi connectivity index (χ0n) is 22.4. The summed E-state index contributed by atoms with van der Waals surface area (Å²) in [5.74, 6) is 0. The van der Waals surface area contributed by atoms with Crippen LogP contribution in [0.2, 0.25) is 25.7 Å². The van der Waals surface area contributed by atoms with E-state index in [1.54, 1.807) is 18.2 Å².